The Labute approximate surface area is 113 Å². The van der Waals surface area contributed by atoms with Crippen molar-refractivity contribution in [3.05, 3.63) is 35.1 Å². The van der Waals surface area contributed by atoms with Gasteiger partial charge in [-0.05, 0) is 62.5 Å². The van der Waals surface area contributed by atoms with Crippen LogP contribution in [0.2, 0.25) is 0 Å². The summed E-state index contributed by atoms with van der Waals surface area (Å²) in [4.78, 5) is 14.1. The predicted molar refractivity (Wildman–Crippen MR) is 73.7 cm³/mol. The van der Waals surface area contributed by atoms with E-state index < -0.39 is 0 Å². The second-order valence-electron chi connectivity index (χ2n) is 5.34. The van der Waals surface area contributed by atoms with Crippen molar-refractivity contribution in [2.45, 2.75) is 19.8 Å². The highest BCUT2D eigenvalue weighted by atomic mass is 19.1. The van der Waals surface area contributed by atoms with E-state index in [4.69, 9.17) is 0 Å². The lowest BCUT2D eigenvalue weighted by Gasteiger charge is -2.28. The van der Waals surface area contributed by atoms with E-state index in [9.17, 15) is 9.18 Å². The summed E-state index contributed by atoms with van der Waals surface area (Å²) < 4.78 is 13.1. The zero-order valence-corrected chi connectivity index (χ0v) is 11.6. The Kier molecular flexibility index (Phi) is 4.53. The van der Waals surface area contributed by atoms with Crippen molar-refractivity contribution >= 4 is 5.91 Å². The summed E-state index contributed by atoms with van der Waals surface area (Å²) in [5.74, 6) is 0.252. The first kappa shape index (κ1) is 14.0. The number of hydrogen-bond donors (Lipinski definition) is 1. The molecule has 1 aromatic rings. The third-order valence-electron chi connectivity index (χ3n) is 3.76. The molecule has 0 aromatic heterocycles. The third-order valence-corrected chi connectivity index (χ3v) is 3.76. The second kappa shape index (κ2) is 6.15. The lowest BCUT2D eigenvalue weighted by molar-refractivity contribution is 0.0762. The van der Waals surface area contributed by atoms with Gasteiger partial charge in [-0.2, -0.15) is 0 Å². The Morgan fingerprint density at radius 1 is 1.42 bits per heavy atom. The molecule has 0 unspecified atom stereocenters. The molecule has 2 rings (SSSR count). The molecule has 1 amide bonds. The SMILES string of the molecule is Cc1cc(F)ccc1C(=O)N(C)CC1CCNCC1. The van der Waals surface area contributed by atoms with Crippen LogP contribution in [0.1, 0.15) is 28.8 Å². The number of halogens is 1. The topological polar surface area (TPSA) is 32.3 Å². The van der Waals surface area contributed by atoms with Gasteiger partial charge in [-0.15, -0.1) is 0 Å². The van der Waals surface area contributed by atoms with Crippen LogP contribution < -0.4 is 5.32 Å². The monoisotopic (exact) mass is 264 g/mol. The molecule has 1 saturated heterocycles. The Morgan fingerprint density at radius 2 is 2.11 bits per heavy atom. The van der Waals surface area contributed by atoms with Gasteiger partial charge in [-0.3, -0.25) is 4.79 Å². The highest BCUT2D eigenvalue weighted by Gasteiger charge is 2.20. The lowest BCUT2D eigenvalue weighted by atomic mass is 9.97. The van der Waals surface area contributed by atoms with E-state index in [0.29, 0.717) is 17.0 Å². The van der Waals surface area contributed by atoms with Crippen LogP contribution in [0, 0.1) is 18.7 Å². The van der Waals surface area contributed by atoms with Crippen molar-refractivity contribution in [1.82, 2.24) is 10.2 Å². The second-order valence-corrected chi connectivity index (χ2v) is 5.34. The molecule has 1 aliphatic rings. The van der Waals surface area contributed by atoms with Gasteiger partial charge >= 0.3 is 0 Å². The number of hydrogen-bond acceptors (Lipinski definition) is 2. The number of aryl methyl sites for hydroxylation is 1. The molecular formula is C15H21FN2O. The molecule has 0 spiro atoms. The van der Waals surface area contributed by atoms with Crippen LogP contribution in [0.15, 0.2) is 18.2 Å². The van der Waals surface area contributed by atoms with E-state index in [-0.39, 0.29) is 11.7 Å². The first-order valence-corrected chi connectivity index (χ1v) is 6.80. The van der Waals surface area contributed by atoms with Crippen LogP contribution in [-0.2, 0) is 0 Å². The third kappa shape index (κ3) is 3.53. The van der Waals surface area contributed by atoms with Crippen LogP contribution in [-0.4, -0.2) is 37.5 Å². The minimum Gasteiger partial charge on any atom is -0.341 e. The quantitative estimate of drug-likeness (QED) is 0.907. The molecule has 3 nitrogen and oxygen atoms in total. The average Bonchev–Trinajstić information content (AvgIpc) is 2.39. The fraction of sp³-hybridized carbons (Fsp3) is 0.533. The van der Waals surface area contributed by atoms with Gasteiger partial charge in [0.25, 0.3) is 5.91 Å². The Balaban J connectivity index is 2.01. The molecule has 0 radical (unpaired) electrons. The maximum atomic E-state index is 13.1. The Morgan fingerprint density at radius 3 is 2.74 bits per heavy atom. The highest BCUT2D eigenvalue weighted by Crippen LogP contribution is 2.16. The van der Waals surface area contributed by atoms with Gasteiger partial charge in [-0.1, -0.05) is 0 Å². The molecule has 1 aromatic carbocycles. The van der Waals surface area contributed by atoms with Gasteiger partial charge in [0.15, 0.2) is 0 Å². The first-order chi connectivity index (χ1) is 9.08. The van der Waals surface area contributed by atoms with Gasteiger partial charge < -0.3 is 10.2 Å². The Hall–Kier alpha value is -1.42. The summed E-state index contributed by atoms with van der Waals surface area (Å²) in [6.07, 6.45) is 2.22. The molecule has 0 atom stereocenters. The first-order valence-electron chi connectivity index (χ1n) is 6.80. The molecule has 19 heavy (non-hydrogen) atoms. The molecule has 1 fully saturated rings. The predicted octanol–water partition coefficient (Wildman–Crippen LogP) is 2.21. The minimum atomic E-state index is -0.296. The molecule has 0 saturated carbocycles. The van der Waals surface area contributed by atoms with E-state index in [1.165, 1.54) is 12.1 Å². The van der Waals surface area contributed by atoms with Crippen molar-refractivity contribution < 1.29 is 9.18 Å². The highest BCUT2D eigenvalue weighted by molar-refractivity contribution is 5.95. The molecule has 4 heteroatoms. The van der Waals surface area contributed by atoms with Crippen LogP contribution >= 0.6 is 0 Å². The fourth-order valence-electron chi connectivity index (χ4n) is 2.61. The van der Waals surface area contributed by atoms with Crippen LogP contribution in [0.3, 0.4) is 0 Å². The van der Waals surface area contributed by atoms with E-state index in [0.717, 1.165) is 32.5 Å². The number of rotatable bonds is 3. The van der Waals surface area contributed by atoms with E-state index in [1.807, 2.05) is 7.05 Å². The summed E-state index contributed by atoms with van der Waals surface area (Å²) in [5, 5.41) is 3.32. The van der Waals surface area contributed by atoms with Gasteiger partial charge in [0, 0.05) is 19.2 Å². The number of nitrogens with zero attached hydrogens (tertiary/aromatic N) is 1. The fourth-order valence-corrected chi connectivity index (χ4v) is 2.61. The minimum absolute atomic E-state index is 0.0176. The van der Waals surface area contributed by atoms with E-state index in [1.54, 1.807) is 17.9 Å². The van der Waals surface area contributed by atoms with Gasteiger partial charge in [0.05, 0.1) is 0 Å². The zero-order valence-electron chi connectivity index (χ0n) is 11.6. The summed E-state index contributed by atoms with van der Waals surface area (Å²) in [6, 6.07) is 4.33. The van der Waals surface area contributed by atoms with Gasteiger partial charge in [0.1, 0.15) is 5.82 Å². The normalized spacial score (nSPS) is 16.4. The van der Waals surface area contributed by atoms with Gasteiger partial charge in [0.2, 0.25) is 0 Å². The number of nitrogens with one attached hydrogen (secondary N) is 1. The smallest absolute Gasteiger partial charge is 0.253 e. The standard InChI is InChI=1S/C15H21FN2O/c1-11-9-13(16)3-4-14(11)15(19)18(2)10-12-5-7-17-8-6-12/h3-4,9,12,17H,5-8,10H2,1-2H3. The number of amides is 1. The molecule has 104 valence electrons. The molecule has 1 aliphatic heterocycles. The maximum Gasteiger partial charge on any atom is 0.253 e. The zero-order chi connectivity index (χ0) is 13.8. The molecule has 1 N–H and O–H groups in total. The molecule has 0 aliphatic carbocycles. The van der Waals surface area contributed by atoms with Crippen molar-refractivity contribution in [3.8, 4) is 0 Å². The average molecular weight is 264 g/mol. The van der Waals surface area contributed by atoms with Crippen LogP contribution in [0.5, 0.6) is 0 Å². The number of carbonyl (C=O) groups is 1. The Bertz CT molecular complexity index is 455. The van der Waals surface area contributed by atoms with Crippen molar-refractivity contribution in [2.75, 3.05) is 26.7 Å². The summed E-state index contributed by atoms with van der Waals surface area (Å²) in [6.45, 7) is 4.61. The van der Waals surface area contributed by atoms with Crippen molar-refractivity contribution in [1.29, 1.82) is 0 Å². The van der Waals surface area contributed by atoms with E-state index >= 15 is 0 Å². The molecular weight excluding hydrogens is 243 g/mol. The summed E-state index contributed by atoms with van der Waals surface area (Å²) >= 11 is 0. The molecule has 0 bridgehead atoms. The largest absolute Gasteiger partial charge is 0.341 e. The maximum absolute atomic E-state index is 13.1. The van der Waals surface area contributed by atoms with Crippen molar-refractivity contribution in [2.24, 2.45) is 5.92 Å². The lowest BCUT2D eigenvalue weighted by Crippen LogP contribution is -2.37. The summed E-state index contributed by atoms with van der Waals surface area (Å²) in [5.41, 5.74) is 1.29. The number of benzene rings is 1. The van der Waals surface area contributed by atoms with Gasteiger partial charge in [-0.25, -0.2) is 4.39 Å². The van der Waals surface area contributed by atoms with Crippen LogP contribution in [0.25, 0.3) is 0 Å². The number of carbonyl (C=O) groups excluding carboxylic acids is 1. The van der Waals surface area contributed by atoms with Crippen LogP contribution in [0.4, 0.5) is 4.39 Å². The van der Waals surface area contributed by atoms with E-state index in [2.05, 4.69) is 5.32 Å². The number of piperidine rings is 1. The summed E-state index contributed by atoms with van der Waals surface area (Å²) in [7, 11) is 1.83. The van der Waals surface area contributed by atoms with Crippen molar-refractivity contribution in [3.63, 3.8) is 0 Å². The molecule has 1 heterocycles.